The van der Waals surface area contributed by atoms with E-state index in [1.807, 2.05) is 37.3 Å². The molecule has 0 aromatic heterocycles. The molecule has 0 aliphatic heterocycles. The van der Waals surface area contributed by atoms with Gasteiger partial charge in [0.2, 0.25) is 11.8 Å². The first kappa shape index (κ1) is 33.2. The fourth-order valence-electron chi connectivity index (χ4n) is 5.71. The van der Waals surface area contributed by atoms with E-state index in [2.05, 4.69) is 5.32 Å². The van der Waals surface area contributed by atoms with Crippen molar-refractivity contribution in [1.29, 1.82) is 0 Å². The normalized spacial score (nSPS) is 14.1. The fraction of sp³-hybridized carbons (Fsp3) is 0.278. The molecule has 0 saturated heterocycles. The van der Waals surface area contributed by atoms with Gasteiger partial charge >= 0.3 is 0 Å². The van der Waals surface area contributed by atoms with Crippen LogP contribution in [0.25, 0.3) is 0 Å². The molecule has 0 heterocycles. The van der Waals surface area contributed by atoms with Gasteiger partial charge < -0.3 is 10.2 Å². The van der Waals surface area contributed by atoms with E-state index in [0.717, 1.165) is 41.1 Å². The van der Waals surface area contributed by atoms with Gasteiger partial charge in [-0.05, 0) is 73.4 Å². The second-order valence-corrected chi connectivity index (χ2v) is 13.9. The topological polar surface area (TPSA) is 86.8 Å². The summed E-state index contributed by atoms with van der Waals surface area (Å²) in [6, 6.07) is 26.8. The zero-order chi connectivity index (χ0) is 32.7. The summed E-state index contributed by atoms with van der Waals surface area (Å²) in [7, 11) is -4.24. The van der Waals surface area contributed by atoms with Crippen LogP contribution in [0.3, 0.4) is 0 Å². The molecule has 1 fully saturated rings. The highest BCUT2D eigenvalue weighted by Crippen LogP contribution is 2.28. The molecule has 1 aliphatic carbocycles. The van der Waals surface area contributed by atoms with E-state index in [1.54, 1.807) is 42.5 Å². The molecule has 2 amide bonds. The first-order valence-corrected chi connectivity index (χ1v) is 17.1. The highest BCUT2D eigenvalue weighted by Gasteiger charge is 2.35. The molecule has 1 saturated carbocycles. The van der Waals surface area contributed by atoms with Gasteiger partial charge in [-0.3, -0.25) is 13.9 Å². The SMILES string of the molecule is Cc1ccc(S(=O)(=O)N(CC(=O)N(Cc2ccc(F)cc2)C(Cc2ccccc2)C(=O)NC2CCCC2)c2cccc(Cl)c2)cc1. The van der Waals surface area contributed by atoms with E-state index in [1.165, 1.54) is 35.2 Å². The number of aryl methyl sites for hydroxylation is 1. The summed E-state index contributed by atoms with van der Waals surface area (Å²) in [5.74, 6) is -1.35. The number of nitrogens with zero attached hydrogens (tertiary/aromatic N) is 2. The zero-order valence-corrected chi connectivity index (χ0v) is 27.2. The summed E-state index contributed by atoms with van der Waals surface area (Å²) in [4.78, 5) is 30.0. The van der Waals surface area contributed by atoms with Crippen molar-refractivity contribution in [1.82, 2.24) is 10.2 Å². The summed E-state index contributed by atoms with van der Waals surface area (Å²) in [6.45, 7) is 1.22. The number of carbonyl (C=O) groups is 2. The number of halogens is 2. The molecule has 1 atom stereocenters. The van der Waals surface area contributed by atoms with Gasteiger partial charge in [0.1, 0.15) is 18.4 Å². The molecule has 1 N–H and O–H groups in total. The summed E-state index contributed by atoms with van der Waals surface area (Å²) in [5, 5.41) is 3.44. The van der Waals surface area contributed by atoms with Crippen molar-refractivity contribution in [2.75, 3.05) is 10.8 Å². The van der Waals surface area contributed by atoms with E-state index in [4.69, 9.17) is 11.6 Å². The Hall–Kier alpha value is -4.21. The highest BCUT2D eigenvalue weighted by molar-refractivity contribution is 7.92. The number of sulfonamides is 1. The average molecular weight is 662 g/mol. The molecule has 10 heteroatoms. The summed E-state index contributed by atoms with van der Waals surface area (Å²) < 4.78 is 43.1. The fourth-order valence-corrected chi connectivity index (χ4v) is 7.30. The van der Waals surface area contributed by atoms with E-state index < -0.39 is 34.3 Å². The molecular formula is C36H37ClFN3O4S. The number of rotatable bonds is 12. The summed E-state index contributed by atoms with van der Waals surface area (Å²) in [6.07, 6.45) is 3.93. The van der Waals surface area contributed by atoms with Gasteiger partial charge in [-0.1, -0.05) is 90.7 Å². The number of amides is 2. The lowest BCUT2D eigenvalue weighted by Gasteiger charge is -2.34. The number of nitrogens with one attached hydrogen (secondary N) is 1. The quantitative estimate of drug-likeness (QED) is 0.184. The van der Waals surface area contributed by atoms with Crippen molar-refractivity contribution in [3.63, 3.8) is 0 Å². The van der Waals surface area contributed by atoms with Crippen molar-refractivity contribution >= 4 is 39.1 Å². The second-order valence-electron chi connectivity index (χ2n) is 11.6. The van der Waals surface area contributed by atoms with Crippen LogP contribution in [0.15, 0.2) is 108 Å². The Morgan fingerprint density at radius 1 is 0.891 bits per heavy atom. The van der Waals surface area contributed by atoms with Crippen LogP contribution in [0.2, 0.25) is 5.02 Å². The molecule has 4 aromatic rings. The average Bonchev–Trinajstić information content (AvgIpc) is 3.56. The predicted octanol–water partition coefficient (Wildman–Crippen LogP) is 6.68. The maximum atomic E-state index is 14.5. The number of hydrogen-bond donors (Lipinski definition) is 1. The Balaban J connectivity index is 1.56. The van der Waals surface area contributed by atoms with Crippen LogP contribution in [-0.4, -0.2) is 43.8 Å². The Morgan fingerprint density at radius 2 is 1.57 bits per heavy atom. The number of anilines is 1. The highest BCUT2D eigenvalue weighted by atomic mass is 35.5. The van der Waals surface area contributed by atoms with Crippen LogP contribution < -0.4 is 9.62 Å². The zero-order valence-electron chi connectivity index (χ0n) is 25.6. The molecule has 240 valence electrons. The van der Waals surface area contributed by atoms with Crippen molar-refractivity contribution in [2.45, 2.75) is 62.6 Å². The van der Waals surface area contributed by atoms with Gasteiger partial charge in [0.05, 0.1) is 10.6 Å². The minimum absolute atomic E-state index is 0.00146. The Labute approximate surface area is 275 Å². The third-order valence-electron chi connectivity index (χ3n) is 8.22. The van der Waals surface area contributed by atoms with E-state index >= 15 is 0 Å². The number of hydrogen-bond acceptors (Lipinski definition) is 4. The molecule has 0 radical (unpaired) electrons. The molecule has 7 nitrogen and oxygen atoms in total. The van der Waals surface area contributed by atoms with E-state index in [9.17, 15) is 22.4 Å². The molecule has 4 aromatic carbocycles. The lowest BCUT2D eigenvalue weighted by Crippen LogP contribution is -2.54. The second kappa shape index (κ2) is 14.9. The summed E-state index contributed by atoms with van der Waals surface area (Å²) >= 11 is 6.29. The maximum Gasteiger partial charge on any atom is 0.264 e. The standard InChI is InChI=1S/C36H37ClFN3O4S/c1-26-14-20-33(21-15-26)46(44,45)41(32-13-7-10-29(37)23-32)25-35(42)40(24-28-16-18-30(38)19-17-28)34(22-27-8-3-2-4-9-27)36(43)39-31-11-5-6-12-31/h2-4,7-10,13-21,23,31,34H,5-6,11-12,22,24-25H2,1H3,(H,39,43). The third-order valence-corrected chi connectivity index (χ3v) is 10.2. The Bertz CT molecular complexity index is 1750. The molecule has 5 rings (SSSR count). The van der Waals surface area contributed by atoms with Gasteiger partial charge in [-0.25, -0.2) is 12.8 Å². The Morgan fingerprint density at radius 3 is 2.22 bits per heavy atom. The smallest absolute Gasteiger partial charge is 0.264 e. The van der Waals surface area contributed by atoms with Crippen LogP contribution in [0.5, 0.6) is 0 Å². The first-order chi connectivity index (χ1) is 22.1. The molecule has 0 spiro atoms. The van der Waals surface area contributed by atoms with Crippen LogP contribution in [0, 0.1) is 12.7 Å². The molecule has 0 bridgehead atoms. The lowest BCUT2D eigenvalue weighted by molar-refractivity contribution is -0.140. The van der Waals surface area contributed by atoms with Gasteiger partial charge in [0.15, 0.2) is 0 Å². The largest absolute Gasteiger partial charge is 0.352 e. The van der Waals surface area contributed by atoms with Crippen LogP contribution in [-0.2, 0) is 32.6 Å². The lowest BCUT2D eigenvalue weighted by atomic mass is 10.0. The van der Waals surface area contributed by atoms with Crippen molar-refractivity contribution in [3.8, 4) is 0 Å². The monoisotopic (exact) mass is 661 g/mol. The van der Waals surface area contributed by atoms with Crippen LogP contribution in [0.1, 0.15) is 42.4 Å². The summed E-state index contributed by atoms with van der Waals surface area (Å²) in [5.41, 5.74) is 2.52. The molecular weight excluding hydrogens is 625 g/mol. The van der Waals surface area contributed by atoms with Gasteiger partial charge in [-0.2, -0.15) is 0 Å². The van der Waals surface area contributed by atoms with Crippen molar-refractivity contribution in [3.05, 3.63) is 131 Å². The van der Waals surface area contributed by atoms with E-state index in [0.29, 0.717) is 10.6 Å². The number of benzene rings is 4. The van der Waals surface area contributed by atoms with Crippen LogP contribution in [0.4, 0.5) is 10.1 Å². The van der Waals surface area contributed by atoms with Crippen LogP contribution >= 0.6 is 11.6 Å². The third kappa shape index (κ3) is 8.33. The van der Waals surface area contributed by atoms with Gasteiger partial charge in [0.25, 0.3) is 10.0 Å². The van der Waals surface area contributed by atoms with Gasteiger partial charge in [-0.15, -0.1) is 0 Å². The first-order valence-electron chi connectivity index (χ1n) is 15.3. The molecule has 46 heavy (non-hydrogen) atoms. The Kier molecular flexibility index (Phi) is 10.8. The predicted molar refractivity (Wildman–Crippen MR) is 178 cm³/mol. The van der Waals surface area contributed by atoms with Crippen molar-refractivity contribution < 1.29 is 22.4 Å². The minimum Gasteiger partial charge on any atom is -0.352 e. The van der Waals surface area contributed by atoms with E-state index in [-0.39, 0.29) is 35.5 Å². The van der Waals surface area contributed by atoms with Crippen molar-refractivity contribution in [2.24, 2.45) is 0 Å². The minimum atomic E-state index is -4.24. The number of carbonyl (C=O) groups excluding carboxylic acids is 2. The molecule has 1 unspecified atom stereocenters. The van der Waals surface area contributed by atoms with Gasteiger partial charge in [0, 0.05) is 24.0 Å². The molecule has 1 aliphatic rings. The maximum absolute atomic E-state index is 14.5.